The van der Waals surface area contributed by atoms with Crippen LogP contribution in [0.25, 0.3) is 0 Å². The summed E-state index contributed by atoms with van der Waals surface area (Å²) in [5.74, 6) is 1.21. The van der Waals surface area contributed by atoms with Crippen LogP contribution in [-0.4, -0.2) is 36.0 Å². The summed E-state index contributed by atoms with van der Waals surface area (Å²) in [6.07, 6.45) is 10.3. The van der Waals surface area contributed by atoms with Crippen molar-refractivity contribution in [2.24, 2.45) is 17.3 Å². The molecule has 4 aliphatic carbocycles. The zero-order valence-corrected chi connectivity index (χ0v) is 14.4. The Labute approximate surface area is 142 Å². The van der Waals surface area contributed by atoms with Gasteiger partial charge in [0.25, 0.3) is 0 Å². The second-order valence-corrected chi connectivity index (χ2v) is 9.20. The second kappa shape index (κ2) is 4.16. The molecule has 6 rings (SSSR count). The fourth-order valence-electron chi connectivity index (χ4n) is 7.11. The normalized spacial score (nSPS) is 53.9. The smallest absolute Gasteiger partial charge is 0.171 e. The molecule has 0 N–H and O–H groups in total. The van der Waals surface area contributed by atoms with Crippen molar-refractivity contribution in [2.75, 3.05) is 13.2 Å². The highest BCUT2D eigenvalue weighted by atomic mass is 16.7. The highest BCUT2D eigenvalue weighted by Gasteiger charge is 2.79. The first-order chi connectivity index (χ1) is 11.5. The molecule has 5 fully saturated rings. The lowest BCUT2D eigenvalue weighted by atomic mass is 9.54. The number of ketones is 1. The standard InChI is InChI=1S/C20H26O4/c1-17-6-5-15-13(14(17)2-3-16(17)21)4-7-18-12-19(22-10-11-23-19)8-9-20(15,18)24-18/h5,13-14H,2-4,6-12H2,1H3/t13?,14?,17?,18-,20?/m1/s1. The van der Waals surface area contributed by atoms with Crippen LogP contribution in [0, 0.1) is 17.3 Å². The molecule has 1 spiro atoms. The van der Waals surface area contributed by atoms with Gasteiger partial charge in [-0.15, -0.1) is 0 Å². The molecule has 0 bridgehead atoms. The van der Waals surface area contributed by atoms with Gasteiger partial charge in [-0.1, -0.05) is 13.0 Å². The van der Waals surface area contributed by atoms with E-state index in [0.29, 0.717) is 17.6 Å². The number of hydrogen-bond acceptors (Lipinski definition) is 4. The van der Waals surface area contributed by atoms with E-state index in [1.54, 1.807) is 5.57 Å². The minimum atomic E-state index is -0.375. The predicted octanol–water partition coefficient (Wildman–Crippen LogP) is 3.15. The molecule has 5 atom stereocenters. The zero-order chi connectivity index (χ0) is 16.2. The summed E-state index contributed by atoms with van der Waals surface area (Å²) in [4.78, 5) is 12.5. The third kappa shape index (κ3) is 1.47. The number of allylic oxidation sites excluding steroid dienone is 1. The van der Waals surface area contributed by atoms with Crippen LogP contribution in [0.1, 0.15) is 58.3 Å². The fraction of sp³-hybridized carbons (Fsp3) is 0.850. The van der Waals surface area contributed by atoms with Crippen molar-refractivity contribution >= 4 is 5.78 Å². The first-order valence-corrected chi connectivity index (χ1v) is 9.75. The summed E-state index contributed by atoms with van der Waals surface area (Å²) >= 11 is 0. The Balaban J connectivity index is 1.37. The van der Waals surface area contributed by atoms with Gasteiger partial charge in [-0.3, -0.25) is 4.79 Å². The molecule has 2 heterocycles. The Kier molecular flexibility index (Phi) is 2.51. The van der Waals surface area contributed by atoms with Gasteiger partial charge in [-0.25, -0.2) is 0 Å². The molecule has 4 heteroatoms. The summed E-state index contributed by atoms with van der Waals surface area (Å²) in [5, 5.41) is 0. The van der Waals surface area contributed by atoms with Crippen LogP contribution in [0.4, 0.5) is 0 Å². The van der Waals surface area contributed by atoms with Crippen molar-refractivity contribution in [1.29, 1.82) is 0 Å². The van der Waals surface area contributed by atoms with E-state index in [1.807, 2.05) is 0 Å². The Morgan fingerprint density at radius 2 is 1.96 bits per heavy atom. The van der Waals surface area contributed by atoms with Gasteiger partial charge in [0, 0.05) is 24.7 Å². The minimum absolute atomic E-state index is 0.0473. The first kappa shape index (κ1) is 14.5. The summed E-state index contributed by atoms with van der Waals surface area (Å²) in [5.41, 5.74) is 1.34. The maximum Gasteiger partial charge on any atom is 0.171 e. The van der Waals surface area contributed by atoms with E-state index in [2.05, 4.69) is 13.0 Å². The topological polar surface area (TPSA) is 48.1 Å². The molecule has 130 valence electrons. The minimum Gasteiger partial charge on any atom is -0.358 e. The number of carbonyl (C=O) groups excluding carboxylic acids is 1. The van der Waals surface area contributed by atoms with Crippen molar-refractivity contribution in [2.45, 2.75) is 75.3 Å². The van der Waals surface area contributed by atoms with Crippen LogP contribution >= 0.6 is 0 Å². The van der Waals surface area contributed by atoms with Crippen LogP contribution in [0.3, 0.4) is 0 Å². The molecule has 6 aliphatic rings. The molecule has 0 amide bonds. The van der Waals surface area contributed by atoms with E-state index < -0.39 is 0 Å². The Morgan fingerprint density at radius 1 is 1.12 bits per heavy atom. The van der Waals surface area contributed by atoms with Gasteiger partial charge in [-0.05, 0) is 49.5 Å². The molecule has 24 heavy (non-hydrogen) atoms. The molecular formula is C20H26O4. The average Bonchev–Trinajstić information content (AvgIpc) is 2.88. The zero-order valence-electron chi connectivity index (χ0n) is 14.4. The molecule has 4 nitrogen and oxygen atoms in total. The van der Waals surface area contributed by atoms with Crippen molar-refractivity contribution in [3.8, 4) is 0 Å². The predicted molar refractivity (Wildman–Crippen MR) is 86.3 cm³/mol. The molecule has 0 radical (unpaired) electrons. The van der Waals surface area contributed by atoms with Crippen LogP contribution in [0.5, 0.6) is 0 Å². The highest BCUT2D eigenvalue weighted by Crippen LogP contribution is 2.73. The van der Waals surface area contributed by atoms with Crippen LogP contribution in [0.2, 0.25) is 0 Å². The quantitative estimate of drug-likeness (QED) is 0.506. The number of ether oxygens (including phenoxy) is 3. The van der Waals surface area contributed by atoms with Gasteiger partial charge in [0.1, 0.15) is 17.0 Å². The van der Waals surface area contributed by atoms with E-state index in [9.17, 15) is 4.79 Å². The van der Waals surface area contributed by atoms with E-state index in [4.69, 9.17) is 14.2 Å². The highest BCUT2D eigenvalue weighted by molar-refractivity contribution is 5.87. The van der Waals surface area contributed by atoms with E-state index in [0.717, 1.165) is 64.6 Å². The fourth-order valence-corrected chi connectivity index (χ4v) is 7.11. The lowest BCUT2D eigenvalue weighted by Crippen LogP contribution is -2.51. The maximum atomic E-state index is 12.5. The lowest BCUT2D eigenvalue weighted by molar-refractivity contribution is -0.185. The monoisotopic (exact) mass is 330 g/mol. The SMILES string of the molecule is CC12CC=C3C(CC[C@@]45CC6(CCC34O5)OCCO6)C1CCC2=O. The summed E-state index contributed by atoms with van der Waals surface area (Å²) in [6.45, 7) is 3.65. The van der Waals surface area contributed by atoms with E-state index in [-0.39, 0.29) is 22.4 Å². The third-order valence-corrected chi connectivity index (χ3v) is 8.38. The number of Topliss-reactive ketones (excluding diaryl/α,β-unsaturated/α-hetero) is 1. The van der Waals surface area contributed by atoms with Crippen LogP contribution in [-0.2, 0) is 19.0 Å². The van der Waals surface area contributed by atoms with Gasteiger partial charge in [0.15, 0.2) is 5.79 Å². The second-order valence-electron chi connectivity index (χ2n) is 9.20. The van der Waals surface area contributed by atoms with E-state index in [1.165, 1.54) is 0 Å². The van der Waals surface area contributed by atoms with Crippen LogP contribution in [0.15, 0.2) is 11.6 Å². The summed E-state index contributed by atoms with van der Waals surface area (Å²) < 4.78 is 18.5. The Bertz CT molecular complexity index is 663. The van der Waals surface area contributed by atoms with Crippen molar-refractivity contribution in [3.05, 3.63) is 11.6 Å². The Morgan fingerprint density at radius 3 is 2.79 bits per heavy atom. The van der Waals surface area contributed by atoms with Crippen molar-refractivity contribution in [3.63, 3.8) is 0 Å². The lowest BCUT2D eigenvalue weighted by Gasteiger charge is -2.48. The number of fused-ring (bicyclic) bond motifs is 3. The van der Waals surface area contributed by atoms with Gasteiger partial charge in [0.05, 0.1) is 13.2 Å². The molecule has 0 aromatic rings. The number of epoxide rings is 1. The van der Waals surface area contributed by atoms with E-state index >= 15 is 0 Å². The van der Waals surface area contributed by atoms with Crippen molar-refractivity contribution in [1.82, 2.24) is 0 Å². The van der Waals surface area contributed by atoms with Gasteiger partial charge >= 0.3 is 0 Å². The summed E-state index contributed by atoms with van der Waals surface area (Å²) in [6, 6.07) is 0. The molecule has 0 aromatic carbocycles. The third-order valence-electron chi connectivity index (χ3n) is 8.38. The largest absolute Gasteiger partial charge is 0.358 e. The molecular weight excluding hydrogens is 304 g/mol. The first-order valence-electron chi connectivity index (χ1n) is 9.75. The maximum absolute atomic E-state index is 12.5. The van der Waals surface area contributed by atoms with Crippen LogP contribution < -0.4 is 0 Å². The molecule has 3 saturated carbocycles. The summed E-state index contributed by atoms with van der Waals surface area (Å²) in [7, 11) is 0. The molecule has 2 saturated heterocycles. The van der Waals surface area contributed by atoms with Gasteiger partial charge in [-0.2, -0.15) is 0 Å². The molecule has 2 aliphatic heterocycles. The molecule has 0 aromatic heterocycles. The number of carbonyl (C=O) groups is 1. The number of hydrogen-bond donors (Lipinski definition) is 0. The molecule has 4 unspecified atom stereocenters. The van der Waals surface area contributed by atoms with Crippen molar-refractivity contribution < 1.29 is 19.0 Å². The average molecular weight is 330 g/mol. The Hall–Kier alpha value is -0.710. The van der Waals surface area contributed by atoms with Gasteiger partial charge in [0.2, 0.25) is 0 Å². The van der Waals surface area contributed by atoms with Gasteiger partial charge < -0.3 is 14.2 Å². The number of rotatable bonds is 0.